The number of carbonyl (C=O) groups is 1. The van der Waals surface area contributed by atoms with Crippen LogP contribution in [0.1, 0.15) is 44.4 Å². The number of hydrogen-bond donors (Lipinski definition) is 0. The lowest BCUT2D eigenvalue weighted by molar-refractivity contribution is 0.0286. The maximum atomic E-state index is 15.3. The van der Waals surface area contributed by atoms with E-state index in [4.69, 9.17) is 4.74 Å². The lowest BCUT2D eigenvalue weighted by Gasteiger charge is -2.45. The average Bonchev–Trinajstić information content (AvgIpc) is 2.93. The third-order valence-electron chi connectivity index (χ3n) is 8.27. The van der Waals surface area contributed by atoms with Crippen LogP contribution < -0.4 is 0 Å². The van der Waals surface area contributed by atoms with Crippen LogP contribution in [0, 0.1) is 37.5 Å². The number of carbonyl (C=O) groups excluding carboxylic acids is 1. The summed E-state index contributed by atoms with van der Waals surface area (Å²) in [4.78, 5) is 18.8. The highest BCUT2D eigenvalue weighted by Gasteiger charge is 2.43. The number of Topliss-reactive ketones (excluding diaryl/α,β-unsaturated/α-hetero) is 1. The molecule has 2 aliphatic rings. The van der Waals surface area contributed by atoms with Crippen molar-refractivity contribution >= 4 is 5.78 Å². The lowest BCUT2D eigenvalue weighted by Crippen LogP contribution is -2.50. The van der Waals surface area contributed by atoms with Crippen LogP contribution in [-0.2, 0) is 4.74 Å². The van der Waals surface area contributed by atoms with Gasteiger partial charge in [-0.05, 0) is 54.8 Å². The summed E-state index contributed by atoms with van der Waals surface area (Å²) in [5, 5.41) is 0. The Hall–Kier alpha value is -2.93. The number of likely N-dealkylation sites (tertiary alicyclic amines) is 1. The van der Waals surface area contributed by atoms with Crippen molar-refractivity contribution in [1.82, 2.24) is 9.80 Å². The van der Waals surface area contributed by atoms with Gasteiger partial charge in [-0.3, -0.25) is 9.69 Å². The quantitative estimate of drug-likeness (QED) is 0.393. The summed E-state index contributed by atoms with van der Waals surface area (Å²) in [5.41, 5.74) is 4.15. The molecule has 2 aliphatic heterocycles. The van der Waals surface area contributed by atoms with Crippen LogP contribution in [0.5, 0.6) is 0 Å². The second-order valence-corrected chi connectivity index (χ2v) is 10.5. The first-order chi connectivity index (χ1) is 18.4. The topological polar surface area (TPSA) is 32.8 Å². The molecule has 0 amide bonds. The van der Waals surface area contributed by atoms with Crippen molar-refractivity contribution in [1.29, 1.82) is 0 Å². The number of rotatable bonds is 7. The first kappa shape index (κ1) is 26.7. The fourth-order valence-electron chi connectivity index (χ4n) is 6.08. The van der Waals surface area contributed by atoms with Crippen LogP contribution in [0.2, 0.25) is 0 Å². The molecule has 3 atom stereocenters. The summed E-state index contributed by atoms with van der Waals surface area (Å²) >= 11 is 0. The van der Waals surface area contributed by atoms with Gasteiger partial charge >= 0.3 is 0 Å². The SMILES string of the molecule is Cc1cccc([C@@H]2[C@@H](C(=O)c3cccc(F)c3)CN(CCN3CCOCC3)C[C@@H]2c2[c]cccc2F)c1C. The molecular weight excluding hydrogens is 482 g/mol. The predicted molar refractivity (Wildman–Crippen MR) is 145 cm³/mol. The monoisotopic (exact) mass is 517 g/mol. The Labute approximate surface area is 224 Å². The summed E-state index contributed by atoms with van der Waals surface area (Å²) < 4.78 is 35.0. The van der Waals surface area contributed by atoms with E-state index in [1.807, 2.05) is 6.07 Å². The van der Waals surface area contributed by atoms with Crippen molar-refractivity contribution in [2.24, 2.45) is 5.92 Å². The molecule has 0 bridgehead atoms. The molecule has 3 aromatic carbocycles. The molecule has 199 valence electrons. The first-order valence-electron chi connectivity index (χ1n) is 13.5. The van der Waals surface area contributed by atoms with E-state index in [1.165, 1.54) is 18.2 Å². The van der Waals surface area contributed by atoms with Crippen molar-refractivity contribution < 1.29 is 18.3 Å². The molecule has 2 heterocycles. The normalized spacial score (nSPS) is 22.9. The van der Waals surface area contributed by atoms with Gasteiger partial charge in [0, 0.05) is 68.1 Å². The highest BCUT2D eigenvalue weighted by Crippen LogP contribution is 2.46. The molecule has 0 saturated carbocycles. The van der Waals surface area contributed by atoms with E-state index in [9.17, 15) is 9.18 Å². The number of ketones is 1. The fraction of sp³-hybridized carbons (Fsp3) is 0.406. The van der Waals surface area contributed by atoms with Crippen molar-refractivity contribution in [3.63, 3.8) is 0 Å². The number of nitrogens with zero attached hydrogens (tertiary/aromatic N) is 2. The largest absolute Gasteiger partial charge is 0.379 e. The number of aryl methyl sites for hydroxylation is 1. The zero-order valence-corrected chi connectivity index (χ0v) is 22.1. The van der Waals surface area contributed by atoms with Gasteiger partial charge in [0.15, 0.2) is 5.78 Å². The molecule has 0 aliphatic carbocycles. The molecule has 0 spiro atoms. The number of hydrogen-bond acceptors (Lipinski definition) is 4. The summed E-state index contributed by atoms with van der Waals surface area (Å²) in [5.74, 6) is -1.85. The number of halogens is 2. The Bertz CT molecular complexity index is 1270. The van der Waals surface area contributed by atoms with E-state index in [-0.39, 0.29) is 23.4 Å². The van der Waals surface area contributed by atoms with E-state index < -0.39 is 11.7 Å². The Morgan fingerprint density at radius 2 is 1.74 bits per heavy atom. The lowest BCUT2D eigenvalue weighted by atomic mass is 9.67. The third kappa shape index (κ3) is 5.73. The van der Waals surface area contributed by atoms with Gasteiger partial charge in [0.1, 0.15) is 11.6 Å². The Balaban J connectivity index is 1.57. The Morgan fingerprint density at radius 3 is 2.50 bits per heavy atom. The Morgan fingerprint density at radius 1 is 0.974 bits per heavy atom. The second-order valence-electron chi connectivity index (χ2n) is 10.5. The van der Waals surface area contributed by atoms with Crippen LogP contribution in [0.4, 0.5) is 8.78 Å². The van der Waals surface area contributed by atoms with E-state index >= 15 is 4.39 Å². The highest BCUT2D eigenvalue weighted by atomic mass is 19.1. The number of morpholine rings is 1. The maximum absolute atomic E-state index is 15.3. The molecule has 4 nitrogen and oxygen atoms in total. The van der Waals surface area contributed by atoms with Gasteiger partial charge in [0.25, 0.3) is 0 Å². The molecule has 0 N–H and O–H groups in total. The van der Waals surface area contributed by atoms with E-state index in [2.05, 4.69) is 41.8 Å². The van der Waals surface area contributed by atoms with Gasteiger partial charge < -0.3 is 9.64 Å². The predicted octanol–water partition coefficient (Wildman–Crippen LogP) is 5.40. The highest BCUT2D eigenvalue weighted by molar-refractivity contribution is 5.98. The van der Waals surface area contributed by atoms with Crippen molar-refractivity contribution in [3.8, 4) is 0 Å². The van der Waals surface area contributed by atoms with E-state index in [0.717, 1.165) is 56.1 Å². The van der Waals surface area contributed by atoms with Gasteiger partial charge in [-0.1, -0.05) is 42.5 Å². The molecule has 6 heteroatoms. The number of piperidine rings is 1. The number of ether oxygens (including phenoxy) is 1. The van der Waals surface area contributed by atoms with Crippen molar-refractivity contribution in [2.75, 3.05) is 52.5 Å². The smallest absolute Gasteiger partial charge is 0.167 e. The molecule has 38 heavy (non-hydrogen) atoms. The van der Waals surface area contributed by atoms with Crippen molar-refractivity contribution in [2.45, 2.75) is 25.7 Å². The van der Waals surface area contributed by atoms with Gasteiger partial charge in [-0.2, -0.15) is 0 Å². The van der Waals surface area contributed by atoms with Crippen LogP contribution in [0.15, 0.2) is 60.7 Å². The van der Waals surface area contributed by atoms with E-state index in [1.54, 1.807) is 24.3 Å². The zero-order valence-electron chi connectivity index (χ0n) is 22.1. The molecule has 5 rings (SSSR count). The van der Waals surface area contributed by atoms with Crippen LogP contribution in [0.3, 0.4) is 0 Å². The van der Waals surface area contributed by atoms with Crippen molar-refractivity contribution in [3.05, 3.63) is 106 Å². The molecule has 0 unspecified atom stereocenters. The first-order valence-corrected chi connectivity index (χ1v) is 13.5. The summed E-state index contributed by atoms with van der Waals surface area (Å²) in [6, 6.07) is 20.1. The van der Waals surface area contributed by atoms with Gasteiger partial charge in [0.2, 0.25) is 0 Å². The maximum Gasteiger partial charge on any atom is 0.167 e. The van der Waals surface area contributed by atoms with Crippen LogP contribution >= 0.6 is 0 Å². The summed E-state index contributed by atoms with van der Waals surface area (Å²) in [6.07, 6.45) is 0. The standard InChI is InChI=1S/C32H35F2N2O2/c1-22-7-5-11-26(23(22)2)31-28(27-10-3-4-12-30(27)34)20-36(14-13-35-15-17-38-18-16-35)21-29(31)32(37)24-8-6-9-25(33)19-24/h3-9,11-12,19,28-29,31H,13-18,20-21H2,1-2H3/t28-,29+,31+/m1/s1. The fourth-order valence-corrected chi connectivity index (χ4v) is 6.08. The minimum atomic E-state index is -0.464. The van der Waals surface area contributed by atoms with E-state index in [0.29, 0.717) is 24.2 Å². The minimum Gasteiger partial charge on any atom is -0.379 e. The zero-order chi connectivity index (χ0) is 26.6. The average molecular weight is 518 g/mol. The van der Waals surface area contributed by atoms with Gasteiger partial charge in [-0.25, -0.2) is 8.78 Å². The molecule has 3 aromatic rings. The second kappa shape index (κ2) is 11.9. The van der Waals surface area contributed by atoms with Crippen LogP contribution in [0.25, 0.3) is 0 Å². The van der Waals surface area contributed by atoms with Gasteiger partial charge in [-0.15, -0.1) is 0 Å². The minimum absolute atomic E-state index is 0.104. The van der Waals surface area contributed by atoms with Crippen LogP contribution in [-0.4, -0.2) is 68.1 Å². The summed E-state index contributed by atoms with van der Waals surface area (Å²) in [6.45, 7) is 10.1. The van der Waals surface area contributed by atoms with Gasteiger partial charge in [0.05, 0.1) is 13.2 Å². The Kier molecular flexibility index (Phi) is 8.32. The molecule has 2 saturated heterocycles. The summed E-state index contributed by atoms with van der Waals surface area (Å²) in [7, 11) is 0. The molecule has 1 radical (unpaired) electrons. The molecule has 2 fully saturated rings. The molecular formula is C32H35F2N2O2. The molecule has 0 aromatic heterocycles. The third-order valence-corrected chi connectivity index (χ3v) is 8.27. The number of benzene rings is 3.